The lowest BCUT2D eigenvalue weighted by Crippen LogP contribution is -2.56. The third-order valence-corrected chi connectivity index (χ3v) is 3.70. The van der Waals surface area contributed by atoms with Crippen molar-refractivity contribution in [3.8, 4) is 0 Å². The van der Waals surface area contributed by atoms with Gasteiger partial charge in [0.15, 0.2) is 5.82 Å². The van der Waals surface area contributed by atoms with Crippen LogP contribution in [0.5, 0.6) is 0 Å². The van der Waals surface area contributed by atoms with Crippen LogP contribution in [0.15, 0.2) is 18.3 Å². The molecule has 0 spiro atoms. The van der Waals surface area contributed by atoms with Gasteiger partial charge in [-0.15, -0.1) is 29.9 Å². The molecule has 126 valence electrons. The van der Waals surface area contributed by atoms with E-state index in [0.717, 1.165) is 31.7 Å². The van der Waals surface area contributed by atoms with Crippen molar-refractivity contribution in [2.75, 3.05) is 25.0 Å². The van der Waals surface area contributed by atoms with Gasteiger partial charge in [-0.3, -0.25) is 4.79 Å². The summed E-state index contributed by atoms with van der Waals surface area (Å²) in [5, 5.41) is 8.05. The molecule has 6 nitrogen and oxygen atoms in total. The van der Waals surface area contributed by atoms with Crippen molar-refractivity contribution < 1.29 is 4.79 Å². The first-order valence-corrected chi connectivity index (χ1v) is 6.98. The van der Waals surface area contributed by atoms with Crippen molar-refractivity contribution in [2.24, 2.45) is 5.73 Å². The van der Waals surface area contributed by atoms with Crippen LogP contribution in [0.4, 0.5) is 5.82 Å². The van der Waals surface area contributed by atoms with Gasteiger partial charge in [0.1, 0.15) is 0 Å². The smallest absolute Gasteiger partial charge is 0.242 e. The van der Waals surface area contributed by atoms with Gasteiger partial charge in [0.05, 0.1) is 5.54 Å². The van der Waals surface area contributed by atoms with E-state index in [-0.39, 0.29) is 36.8 Å². The van der Waals surface area contributed by atoms with Gasteiger partial charge in [-0.25, -0.2) is 0 Å². The number of rotatable bonds is 3. The van der Waals surface area contributed by atoms with Crippen molar-refractivity contribution in [2.45, 2.75) is 38.3 Å². The minimum atomic E-state index is -0.830. The Bertz CT molecular complexity index is 466. The average molecular weight is 350 g/mol. The van der Waals surface area contributed by atoms with Gasteiger partial charge in [0.2, 0.25) is 5.91 Å². The Hall–Kier alpha value is -1.11. The number of aromatic nitrogens is 2. The molecule has 2 N–H and O–H groups in total. The number of carbonyl (C=O) groups is 1. The molecule has 0 saturated carbocycles. The lowest BCUT2D eigenvalue weighted by Gasteiger charge is -2.39. The molecular weight excluding hydrogens is 325 g/mol. The van der Waals surface area contributed by atoms with Crippen LogP contribution in [-0.2, 0) is 4.79 Å². The predicted molar refractivity (Wildman–Crippen MR) is 92.8 cm³/mol. The third kappa shape index (κ3) is 4.97. The van der Waals surface area contributed by atoms with Gasteiger partial charge in [-0.2, -0.15) is 5.10 Å². The molecule has 1 atom stereocenters. The number of halogens is 2. The molecule has 1 saturated heterocycles. The Balaban J connectivity index is 0.00000220. The van der Waals surface area contributed by atoms with Gasteiger partial charge in [0, 0.05) is 32.4 Å². The number of hydrogen-bond donors (Lipinski definition) is 1. The molecule has 0 radical (unpaired) electrons. The van der Waals surface area contributed by atoms with Crippen molar-refractivity contribution >= 4 is 36.5 Å². The van der Waals surface area contributed by atoms with E-state index in [9.17, 15) is 4.79 Å². The molecule has 1 fully saturated rings. The highest BCUT2D eigenvalue weighted by Crippen LogP contribution is 2.20. The standard InChI is InChI=1S/C14H23N5O.2ClH/c1-14(2,15)13(20)18(3)11-6-5-9-19(10-11)12-7-4-8-16-17-12;;/h4,7-8,11H,5-6,9-10,15H2,1-3H3;2*1H. The fraction of sp³-hybridized carbons (Fsp3) is 0.643. The third-order valence-electron chi connectivity index (χ3n) is 3.70. The first kappa shape index (κ1) is 20.9. The highest BCUT2D eigenvalue weighted by molar-refractivity contribution is 5.86. The Morgan fingerprint density at radius 3 is 2.68 bits per heavy atom. The fourth-order valence-electron chi connectivity index (χ4n) is 2.56. The van der Waals surface area contributed by atoms with Crippen LogP contribution in [0.3, 0.4) is 0 Å². The van der Waals surface area contributed by atoms with Crippen molar-refractivity contribution in [1.29, 1.82) is 0 Å². The molecule has 22 heavy (non-hydrogen) atoms. The second kappa shape index (κ2) is 8.50. The maximum absolute atomic E-state index is 12.3. The van der Waals surface area contributed by atoms with Crippen LogP contribution >= 0.6 is 24.8 Å². The maximum Gasteiger partial charge on any atom is 0.242 e. The molecule has 2 rings (SSSR count). The number of amides is 1. The van der Waals surface area contributed by atoms with E-state index in [1.807, 2.05) is 19.2 Å². The molecular formula is C14H25Cl2N5O. The summed E-state index contributed by atoms with van der Waals surface area (Å²) in [6.45, 7) is 5.21. The largest absolute Gasteiger partial charge is 0.353 e. The van der Waals surface area contributed by atoms with E-state index >= 15 is 0 Å². The minimum Gasteiger partial charge on any atom is -0.353 e. The molecule has 1 unspecified atom stereocenters. The SMILES string of the molecule is CN(C(=O)C(C)(C)N)C1CCCN(c2cccnn2)C1.Cl.Cl. The Labute approximate surface area is 144 Å². The second-order valence-corrected chi connectivity index (χ2v) is 5.96. The van der Waals surface area contributed by atoms with Crippen LogP contribution in [0.2, 0.25) is 0 Å². The van der Waals surface area contributed by atoms with E-state index in [0.29, 0.717) is 0 Å². The van der Waals surface area contributed by atoms with E-state index in [2.05, 4.69) is 15.1 Å². The van der Waals surface area contributed by atoms with Crippen LogP contribution in [0.1, 0.15) is 26.7 Å². The average Bonchev–Trinajstić information content (AvgIpc) is 2.46. The minimum absolute atomic E-state index is 0. The number of hydrogen-bond acceptors (Lipinski definition) is 5. The number of likely N-dealkylation sites (N-methyl/N-ethyl adjacent to an activating group) is 1. The number of carbonyl (C=O) groups excluding carboxylic acids is 1. The summed E-state index contributed by atoms with van der Waals surface area (Å²) in [4.78, 5) is 16.2. The number of anilines is 1. The monoisotopic (exact) mass is 349 g/mol. The molecule has 1 aromatic heterocycles. The summed E-state index contributed by atoms with van der Waals surface area (Å²) in [6.07, 6.45) is 3.69. The van der Waals surface area contributed by atoms with E-state index in [4.69, 9.17) is 5.73 Å². The quantitative estimate of drug-likeness (QED) is 0.894. The van der Waals surface area contributed by atoms with Gasteiger partial charge in [-0.1, -0.05) is 0 Å². The van der Waals surface area contributed by atoms with Gasteiger partial charge >= 0.3 is 0 Å². The van der Waals surface area contributed by atoms with Crippen molar-refractivity contribution in [1.82, 2.24) is 15.1 Å². The van der Waals surface area contributed by atoms with Crippen LogP contribution in [0, 0.1) is 0 Å². The summed E-state index contributed by atoms with van der Waals surface area (Å²) in [5.74, 6) is 0.841. The van der Waals surface area contributed by atoms with E-state index in [1.54, 1.807) is 24.9 Å². The van der Waals surface area contributed by atoms with Crippen molar-refractivity contribution in [3.63, 3.8) is 0 Å². The van der Waals surface area contributed by atoms with Crippen LogP contribution in [0.25, 0.3) is 0 Å². The molecule has 0 aromatic carbocycles. The first-order valence-electron chi connectivity index (χ1n) is 6.98. The molecule has 2 heterocycles. The van der Waals surface area contributed by atoms with Gasteiger partial charge in [-0.05, 0) is 38.8 Å². The normalized spacial score (nSPS) is 18.0. The predicted octanol–water partition coefficient (Wildman–Crippen LogP) is 1.48. The molecule has 8 heteroatoms. The topological polar surface area (TPSA) is 75.3 Å². The highest BCUT2D eigenvalue weighted by atomic mass is 35.5. The summed E-state index contributed by atoms with van der Waals surface area (Å²) in [6, 6.07) is 3.99. The summed E-state index contributed by atoms with van der Waals surface area (Å²) in [5.41, 5.74) is 5.08. The van der Waals surface area contributed by atoms with Gasteiger partial charge < -0.3 is 15.5 Å². The Morgan fingerprint density at radius 1 is 1.45 bits per heavy atom. The zero-order valence-electron chi connectivity index (χ0n) is 13.2. The van der Waals surface area contributed by atoms with Crippen molar-refractivity contribution in [3.05, 3.63) is 18.3 Å². The maximum atomic E-state index is 12.3. The molecule has 1 amide bonds. The van der Waals surface area contributed by atoms with E-state index < -0.39 is 5.54 Å². The molecule has 1 aromatic rings. The number of piperidine rings is 1. The molecule has 1 aliphatic heterocycles. The lowest BCUT2D eigenvalue weighted by atomic mass is 10.00. The summed E-state index contributed by atoms with van der Waals surface area (Å²) in [7, 11) is 1.84. The first-order chi connectivity index (χ1) is 9.39. The summed E-state index contributed by atoms with van der Waals surface area (Å²) >= 11 is 0. The number of nitrogens with two attached hydrogens (primary N) is 1. The second-order valence-electron chi connectivity index (χ2n) is 5.96. The Kier molecular flexibility index (Phi) is 8.07. The zero-order valence-corrected chi connectivity index (χ0v) is 14.9. The molecule has 0 bridgehead atoms. The van der Waals surface area contributed by atoms with Crippen LogP contribution in [-0.4, -0.2) is 52.7 Å². The zero-order chi connectivity index (χ0) is 14.8. The van der Waals surface area contributed by atoms with Gasteiger partial charge in [0.25, 0.3) is 0 Å². The molecule has 1 aliphatic rings. The lowest BCUT2D eigenvalue weighted by molar-refractivity contribution is -0.136. The van der Waals surface area contributed by atoms with E-state index in [1.165, 1.54) is 0 Å². The van der Waals surface area contributed by atoms with Crippen LogP contribution < -0.4 is 10.6 Å². The fourth-order valence-corrected chi connectivity index (χ4v) is 2.56. The number of nitrogens with zero attached hydrogens (tertiary/aromatic N) is 4. The molecule has 0 aliphatic carbocycles. The Morgan fingerprint density at radius 2 is 2.14 bits per heavy atom. The highest BCUT2D eigenvalue weighted by Gasteiger charge is 2.32. The summed E-state index contributed by atoms with van der Waals surface area (Å²) < 4.78 is 0.